The summed E-state index contributed by atoms with van der Waals surface area (Å²) in [7, 11) is 2.31. The number of thiazole rings is 1. The fourth-order valence-corrected chi connectivity index (χ4v) is 3.70. The molecule has 34 heavy (non-hydrogen) atoms. The first-order valence-electron chi connectivity index (χ1n) is 9.11. The number of nitrogens with zero attached hydrogens (tertiary/aromatic N) is 3. The molecule has 15 heteroatoms. The molecule has 3 N–H and O–H groups in total. The van der Waals surface area contributed by atoms with E-state index in [0.717, 1.165) is 23.4 Å². The lowest BCUT2D eigenvalue weighted by molar-refractivity contribution is -0.142. The number of carbonyl (C=O) groups excluding carboxylic acids is 3. The number of imide groups is 1. The highest BCUT2D eigenvalue weighted by Gasteiger charge is 2.39. The quantitative estimate of drug-likeness (QED) is 0.333. The van der Waals surface area contributed by atoms with Gasteiger partial charge in [0.25, 0.3) is 5.91 Å². The highest BCUT2D eigenvalue weighted by molar-refractivity contribution is 7.14. The number of anilines is 1. The Hall–Kier alpha value is -3.88. The second-order valence-corrected chi connectivity index (χ2v) is 7.78. The molecule has 0 spiro atoms. The van der Waals surface area contributed by atoms with Crippen LogP contribution in [-0.4, -0.2) is 57.7 Å². The van der Waals surface area contributed by atoms with E-state index in [1.54, 1.807) is 0 Å². The minimum atomic E-state index is -5.28. The second-order valence-electron chi connectivity index (χ2n) is 6.92. The summed E-state index contributed by atoms with van der Waals surface area (Å²) < 4.78 is 66.6. The summed E-state index contributed by atoms with van der Waals surface area (Å²) >= 11 is 0.711. The molecule has 0 radical (unpaired) electrons. The summed E-state index contributed by atoms with van der Waals surface area (Å²) in [6.45, 7) is 0. The highest BCUT2D eigenvalue weighted by Crippen LogP contribution is 2.38. The van der Waals surface area contributed by atoms with E-state index in [1.165, 1.54) is 7.05 Å². The molecule has 1 aliphatic heterocycles. The molecule has 1 aliphatic rings. The maximum atomic E-state index is 14.3. The third kappa shape index (κ3) is 4.46. The molecule has 1 aromatic carbocycles. The van der Waals surface area contributed by atoms with Crippen LogP contribution >= 0.6 is 11.3 Å². The van der Waals surface area contributed by atoms with Crippen molar-refractivity contribution in [3.63, 3.8) is 0 Å². The second kappa shape index (κ2) is 8.81. The van der Waals surface area contributed by atoms with E-state index >= 15 is 0 Å². The first-order chi connectivity index (χ1) is 15.7. The summed E-state index contributed by atoms with van der Waals surface area (Å²) in [6.07, 6.45) is -6.09. The largest absolute Gasteiger partial charge is 0.511 e. The van der Waals surface area contributed by atoms with Gasteiger partial charge in [0.2, 0.25) is 5.91 Å². The van der Waals surface area contributed by atoms with Crippen LogP contribution in [0.25, 0.3) is 11.3 Å². The summed E-state index contributed by atoms with van der Waals surface area (Å²) in [5.74, 6) is -7.01. The van der Waals surface area contributed by atoms with Gasteiger partial charge >= 0.3 is 12.2 Å². The Morgan fingerprint density at radius 2 is 1.85 bits per heavy atom. The van der Waals surface area contributed by atoms with Crippen LogP contribution in [0.4, 0.5) is 31.9 Å². The lowest BCUT2D eigenvalue weighted by Gasteiger charge is -2.31. The Morgan fingerprint density at radius 3 is 2.47 bits per heavy atom. The minimum absolute atomic E-state index is 0.190. The number of amidine groups is 1. The van der Waals surface area contributed by atoms with Gasteiger partial charge in [0, 0.05) is 25.0 Å². The van der Waals surface area contributed by atoms with Crippen molar-refractivity contribution < 1.29 is 41.4 Å². The van der Waals surface area contributed by atoms with Crippen molar-refractivity contribution in [2.24, 2.45) is 0 Å². The third-order valence-electron chi connectivity index (χ3n) is 4.68. The van der Waals surface area contributed by atoms with E-state index < -0.39 is 70.4 Å². The predicted molar refractivity (Wildman–Crippen MR) is 109 cm³/mol. The van der Waals surface area contributed by atoms with Crippen LogP contribution in [0.3, 0.4) is 0 Å². The first kappa shape index (κ1) is 24.8. The number of benzene rings is 1. The minimum Gasteiger partial charge on any atom is -0.511 e. The number of carbonyl (C=O) groups is 3. The van der Waals surface area contributed by atoms with Crippen molar-refractivity contribution in [2.75, 3.05) is 19.4 Å². The van der Waals surface area contributed by atoms with Gasteiger partial charge in [0.1, 0.15) is 34.4 Å². The first-order valence-corrected chi connectivity index (χ1v) is 9.99. The molecule has 3 rings (SSSR count). The molecule has 0 unspecified atom stereocenters. The molecule has 0 aliphatic carbocycles. The zero-order valence-corrected chi connectivity index (χ0v) is 18.1. The van der Waals surface area contributed by atoms with Crippen molar-refractivity contribution >= 4 is 40.1 Å². The van der Waals surface area contributed by atoms with Crippen LogP contribution in [0.1, 0.15) is 12.0 Å². The predicted octanol–water partition coefficient (Wildman–Crippen LogP) is 3.75. The maximum absolute atomic E-state index is 14.3. The number of alkyl halides is 3. The van der Waals surface area contributed by atoms with Crippen LogP contribution < -0.4 is 5.32 Å². The van der Waals surface area contributed by atoms with Crippen LogP contribution in [0.15, 0.2) is 28.8 Å². The van der Waals surface area contributed by atoms with Crippen molar-refractivity contribution in [3.8, 4) is 11.3 Å². The molecule has 2 heterocycles. The van der Waals surface area contributed by atoms with E-state index in [-0.39, 0.29) is 10.8 Å². The van der Waals surface area contributed by atoms with Gasteiger partial charge in [0.15, 0.2) is 5.13 Å². The Kier molecular flexibility index (Phi) is 6.42. The number of halogens is 5. The average Bonchev–Trinajstić information content (AvgIpc) is 3.17. The fraction of sp³-hybridized carbons (Fsp3) is 0.211. The van der Waals surface area contributed by atoms with E-state index in [9.17, 15) is 41.4 Å². The van der Waals surface area contributed by atoms with Crippen LogP contribution in [0, 0.1) is 17.0 Å². The molecule has 0 bridgehead atoms. The van der Waals surface area contributed by atoms with Crippen molar-refractivity contribution in [1.29, 1.82) is 5.41 Å². The van der Waals surface area contributed by atoms with E-state index in [0.29, 0.717) is 22.3 Å². The zero-order valence-electron chi connectivity index (χ0n) is 17.3. The van der Waals surface area contributed by atoms with Gasteiger partial charge in [-0.2, -0.15) is 13.2 Å². The summed E-state index contributed by atoms with van der Waals surface area (Å²) in [6, 6.07) is 0.400. The Labute approximate surface area is 191 Å². The maximum Gasteiger partial charge on any atom is 0.422 e. The number of aromatic nitrogens is 1. The Balaban J connectivity index is 1.81. The summed E-state index contributed by atoms with van der Waals surface area (Å²) in [4.78, 5) is 41.5. The highest BCUT2D eigenvalue weighted by atomic mass is 32.1. The molecule has 1 fully saturated rings. The third-order valence-corrected chi connectivity index (χ3v) is 5.44. The van der Waals surface area contributed by atoms with Crippen LogP contribution in [0.5, 0.6) is 0 Å². The molecule has 2 aromatic rings. The standard InChI is InChI=1S/C19H14F5N5O4S/c1-28-15(25)12(16(32)29(2)18(28)33)10(30)5-11(31)27-17-26-9(6-34-17)7-3-4-8(20)13(14(7)21)19(22,23)24/h3-4,6,25,30H,5H2,1-2H3,(H,26,27,31)/b12-10+,25-15?. The Morgan fingerprint density at radius 1 is 1.21 bits per heavy atom. The molecular formula is C19H14F5N5O4S. The number of urea groups is 1. The van der Waals surface area contributed by atoms with Crippen molar-refractivity contribution in [3.05, 3.63) is 46.0 Å². The zero-order chi connectivity index (χ0) is 25.5. The van der Waals surface area contributed by atoms with Gasteiger partial charge in [-0.3, -0.25) is 24.8 Å². The molecule has 0 atom stereocenters. The molecular weight excluding hydrogens is 489 g/mol. The molecule has 1 saturated heterocycles. The number of rotatable bonds is 4. The number of hydrogen-bond donors (Lipinski definition) is 3. The monoisotopic (exact) mass is 503 g/mol. The number of hydrogen-bond acceptors (Lipinski definition) is 7. The smallest absolute Gasteiger partial charge is 0.422 e. The van der Waals surface area contributed by atoms with Gasteiger partial charge in [0.05, 0.1) is 12.1 Å². The number of amides is 4. The van der Waals surface area contributed by atoms with Gasteiger partial charge in [-0.1, -0.05) is 0 Å². The molecule has 0 saturated carbocycles. The molecule has 4 amide bonds. The van der Waals surface area contributed by atoms with Crippen molar-refractivity contribution in [1.82, 2.24) is 14.8 Å². The summed E-state index contributed by atoms with van der Waals surface area (Å²) in [5.41, 5.74) is -3.61. The lowest BCUT2D eigenvalue weighted by atomic mass is 10.1. The SMILES string of the molecule is CN1C(=N)/C(=C(\O)CC(=O)Nc2nc(-c3ccc(F)c(C(F)(F)F)c3F)cs2)C(=O)N(C)C1=O. The summed E-state index contributed by atoms with van der Waals surface area (Å²) in [5, 5.41) is 21.2. The van der Waals surface area contributed by atoms with Gasteiger partial charge in [-0.15, -0.1) is 11.3 Å². The van der Waals surface area contributed by atoms with E-state index in [2.05, 4.69) is 10.3 Å². The fourth-order valence-electron chi connectivity index (χ4n) is 2.97. The van der Waals surface area contributed by atoms with E-state index in [4.69, 9.17) is 5.41 Å². The van der Waals surface area contributed by atoms with Gasteiger partial charge in [-0.05, 0) is 12.1 Å². The molecule has 9 nitrogen and oxygen atoms in total. The average molecular weight is 503 g/mol. The Bertz CT molecular complexity index is 1230. The molecule has 1 aromatic heterocycles. The van der Waals surface area contributed by atoms with Gasteiger partial charge < -0.3 is 10.4 Å². The molecule has 180 valence electrons. The van der Waals surface area contributed by atoms with Crippen molar-refractivity contribution in [2.45, 2.75) is 12.6 Å². The number of nitrogens with one attached hydrogen (secondary N) is 2. The topological polar surface area (TPSA) is 127 Å². The van der Waals surface area contributed by atoms with Crippen LogP contribution in [-0.2, 0) is 15.8 Å². The van der Waals surface area contributed by atoms with E-state index in [1.807, 2.05) is 0 Å². The number of likely N-dealkylation sites (N-methyl/N-ethyl adjacent to an activating group) is 2. The normalized spacial score (nSPS) is 16.3. The lowest BCUT2D eigenvalue weighted by Crippen LogP contribution is -2.53. The number of aliphatic hydroxyl groups excluding tert-OH is 1. The van der Waals surface area contributed by atoms with Crippen LogP contribution in [0.2, 0.25) is 0 Å². The number of aliphatic hydroxyl groups is 1. The van der Waals surface area contributed by atoms with Gasteiger partial charge in [-0.25, -0.2) is 18.6 Å².